The summed E-state index contributed by atoms with van der Waals surface area (Å²) in [6.07, 6.45) is -8.00. The standard InChI is InChI=1S/C24H20O12/c25-8-16-18(28)19(29)20(30)24(35-16)36-22-12-7-15(23(31)32)33-13-5-11(27)6-14(17(12)13)34-21(22)9-1-3-10(26)4-2-9/h1-7,16,18-20,24-26,28-30H,8H2,(H,31,32)/p+1. The van der Waals surface area contributed by atoms with Crippen molar-refractivity contribution in [3.05, 3.63) is 53.7 Å². The first-order chi connectivity index (χ1) is 17.2. The van der Waals surface area contributed by atoms with E-state index in [1.54, 1.807) is 0 Å². The number of aliphatic hydroxyl groups is 4. The van der Waals surface area contributed by atoms with Crippen LogP contribution >= 0.6 is 0 Å². The number of benzene rings is 2. The number of phenols is 1. The molecule has 2 aromatic carbocycles. The first-order valence-electron chi connectivity index (χ1n) is 10.7. The molecule has 0 amide bonds. The molecule has 1 aliphatic rings. The van der Waals surface area contributed by atoms with Gasteiger partial charge in [0, 0.05) is 17.0 Å². The second-order valence-electron chi connectivity index (χ2n) is 8.27. The van der Waals surface area contributed by atoms with Crippen LogP contribution in [0, 0.1) is 0 Å². The average molecular weight is 501 g/mol. The van der Waals surface area contributed by atoms with E-state index in [0.29, 0.717) is 5.56 Å². The van der Waals surface area contributed by atoms with E-state index in [-0.39, 0.29) is 44.6 Å². The van der Waals surface area contributed by atoms with Gasteiger partial charge in [0.25, 0.3) is 0 Å². The molecule has 5 rings (SSSR count). The first kappa shape index (κ1) is 23.8. The van der Waals surface area contributed by atoms with Gasteiger partial charge >= 0.3 is 11.4 Å². The Balaban J connectivity index is 1.79. The maximum absolute atomic E-state index is 11.8. The molecule has 2 aromatic heterocycles. The van der Waals surface area contributed by atoms with E-state index < -0.39 is 49.0 Å². The van der Waals surface area contributed by atoms with Crippen molar-refractivity contribution in [3.63, 3.8) is 0 Å². The third-order valence-corrected chi connectivity index (χ3v) is 5.90. The maximum atomic E-state index is 11.8. The monoisotopic (exact) mass is 501 g/mol. The van der Waals surface area contributed by atoms with Gasteiger partial charge in [-0.1, -0.05) is 0 Å². The van der Waals surface area contributed by atoms with Gasteiger partial charge in [-0.3, -0.25) is 4.79 Å². The number of ether oxygens (including phenoxy) is 2. The molecule has 1 fully saturated rings. The molecule has 1 saturated heterocycles. The van der Waals surface area contributed by atoms with Gasteiger partial charge in [-0.25, -0.2) is 4.79 Å². The van der Waals surface area contributed by atoms with Crippen LogP contribution in [0.3, 0.4) is 0 Å². The summed E-state index contributed by atoms with van der Waals surface area (Å²) in [6, 6.07) is 9.34. The molecule has 0 aliphatic carbocycles. The Morgan fingerprint density at radius 3 is 2.28 bits per heavy atom. The van der Waals surface area contributed by atoms with Crippen molar-refractivity contribution in [2.75, 3.05) is 6.61 Å². The maximum Gasteiger partial charge on any atom is 0.371 e. The zero-order valence-corrected chi connectivity index (χ0v) is 18.3. The third-order valence-electron chi connectivity index (χ3n) is 5.90. The number of carbonyl (C=O) groups is 1. The Morgan fingerprint density at radius 1 is 0.972 bits per heavy atom. The molecular weight excluding hydrogens is 480 g/mol. The summed E-state index contributed by atoms with van der Waals surface area (Å²) in [5, 5.41) is 60.0. The fraction of sp³-hybridized carbons (Fsp3) is 0.250. The van der Waals surface area contributed by atoms with Gasteiger partial charge in [0.15, 0.2) is 11.5 Å². The SMILES string of the molecule is O=C(O)c1cc2c(OC3OC(CO)C(O)C(O)C3O)c(-c3ccc(O)cc3)oc3cc(=[OH+])cc(o1)c32. The molecule has 0 saturated carbocycles. The highest BCUT2D eigenvalue weighted by Gasteiger charge is 2.45. The van der Waals surface area contributed by atoms with E-state index in [4.69, 9.17) is 18.3 Å². The van der Waals surface area contributed by atoms with E-state index in [1.165, 1.54) is 36.4 Å². The van der Waals surface area contributed by atoms with Crippen molar-refractivity contribution >= 4 is 27.9 Å². The molecule has 5 atom stereocenters. The highest BCUT2D eigenvalue weighted by molar-refractivity contribution is 6.10. The third kappa shape index (κ3) is 3.96. The number of aromatic carboxylic acids is 1. The Bertz CT molecular complexity index is 1500. The molecule has 5 unspecified atom stereocenters. The molecule has 3 heterocycles. The minimum absolute atomic E-state index is 0.00565. The van der Waals surface area contributed by atoms with Crippen LogP contribution in [0.5, 0.6) is 11.5 Å². The van der Waals surface area contributed by atoms with Crippen LogP contribution in [-0.4, -0.2) is 78.7 Å². The fourth-order valence-electron chi connectivity index (χ4n) is 4.12. The van der Waals surface area contributed by atoms with Gasteiger partial charge < -0.3 is 48.9 Å². The smallest absolute Gasteiger partial charge is 0.371 e. The van der Waals surface area contributed by atoms with Crippen LogP contribution in [0.25, 0.3) is 33.3 Å². The Kier molecular flexibility index (Phi) is 5.90. The number of carboxylic acid groups (broad SMARTS) is 1. The summed E-state index contributed by atoms with van der Waals surface area (Å²) in [7, 11) is 0. The lowest BCUT2D eigenvalue weighted by Crippen LogP contribution is -2.60. The van der Waals surface area contributed by atoms with Crippen molar-refractivity contribution in [1.82, 2.24) is 0 Å². The molecule has 1 aliphatic heterocycles. The average Bonchev–Trinajstić information content (AvgIpc) is 2.85. The molecule has 7 N–H and O–H groups in total. The minimum atomic E-state index is -1.76. The summed E-state index contributed by atoms with van der Waals surface area (Å²) in [4.78, 5) is 21.9. The van der Waals surface area contributed by atoms with Gasteiger partial charge in [0.05, 0.1) is 24.1 Å². The number of hydrogen-bond donors (Lipinski definition) is 6. The summed E-state index contributed by atoms with van der Waals surface area (Å²) in [5.74, 6) is -2.10. The molecule has 0 spiro atoms. The number of aliphatic hydroxyl groups excluding tert-OH is 4. The first-order valence-corrected chi connectivity index (χ1v) is 10.7. The zero-order valence-electron chi connectivity index (χ0n) is 18.3. The zero-order chi connectivity index (χ0) is 25.7. The Labute approximate surface area is 200 Å². The second kappa shape index (κ2) is 8.93. The molecule has 12 heteroatoms. The topological polar surface area (TPSA) is 205 Å². The van der Waals surface area contributed by atoms with Crippen LogP contribution in [0.15, 0.2) is 51.3 Å². The largest absolute Gasteiger partial charge is 0.508 e. The van der Waals surface area contributed by atoms with E-state index in [2.05, 4.69) is 0 Å². The van der Waals surface area contributed by atoms with Crippen molar-refractivity contribution < 1.29 is 58.5 Å². The van der Waals surface area contributed by atoms with Crippen LogP contribution in [0.4, 0.5) is 0 Å². The van der Waals surface area contributed by atoms with Crippen molar-refractivity contribution in [1.29, 1.82) is 0 Å². The van der Waals surface area contributed by atoms with Crippen molar-refractivity contribution in [2.24, 2.45) is 0 Å². The van der Waals surface area contributed by atoms with Gasteiger partial charge in [0.2, 0.25) is 12.1 Å². The predicted octanol–water partition coefficient (Wildman–Crippen LogP) is 0.433. The molecule has 4 aromatic rings. The van der Waals surface area contributed by atoms with Crippen molar-refractivity contribution in [2.45, 2.75) is 30.7 Å². The fourth-order valence-corrected chi connectivity index (χ4v) is 4.12. The van der Waals surface area contributed by atoms with E-state index in [0.717, 1.165) is 6.07 Å². The van der Waals surface area contributed by atoms with Crippen molar-refractivity contribution in [3.8, 4) is 22.8 Å². The number of carboxylic acids is 1. The van der Waals surface area contributed by atoms with E-state index in [9.17, 15) is 40.2 Å². The Morgan fingerprint density at radius 2 is 1.64 bits per heavy atom. The summed E-state index contributed by atoms with van der Waals surface area (Å²) >= 11 is 0. The van der Waals surface area contributed by atoms with Crippen LogP contribution in [-0.2, 0) is 4.74 Å². The van der Waals surface area contributed by atoms with Gasteiger partial charge in [-0.15, -0.1) is 0 Å². The molecular formula is C24H21O12+. The van der Waals surface area contributed by atoms with Gasteiger partial charge in [0.1, 0.15) is 41.3 Å². The van der Waals surface area contributed by atoms with Crippen LogP contribution in [0.2, 0.25) is 0 Å². The minimum Gasteiger partial charge on any atom is -0.508 e. The van der Waals surface area contributed by atoms with Gasteiger partial charge in [-0.05, 0) is 24.3 Å². The number of aromatic hydroxyl groups is 1. The Hall–Kier alpha value is -3.94. The summed E-state index contributed by atoms with van der Waals surface area (Å²) < 4.78 is 22.8. The number of phenolic OH excluding ortho intramolecular Hbond substituents is 1. The lowest BCUT2D eigenvalue weighted by Gasteiger charge is -2.39. The number of hydrogen-bond acceptors (Lipinski definition) is 10. The normalized spacial score (nSPS) is 24.3. The van der Waals surface area contributed by atoms with Crippen LogP contribution in [0.1, 0.15) is 10.6 Å². The van der Waals surface area contributed by atoms with Gasteiger partial charge in [-0.2, -0.15) is 0 Å². The summed E-state index contributed by atoms with van der Waals surface area (Å²) in [5.41, 5.74) is 0.148. The lowest BCUT2D eigenvalue weighted by atomic mass is 9.99. The molecule has 0 bridgehead atoms. The molecule has 188 valence electrons. The highest BCUT2D eigenvalue weighted by Crippen LogP contribution is 2.43. The summed E-state index contributed by atoms with van der Waals surface area (Å²) in [6.45, 7) is -0.690. The van der Waals surface area contributed by atoms with E-state index >= 15 is 0 Å². The number of rotatable bonds is 5. The quantitative estimate of drug-likeness (QED) is 0.207. The van der Waals surface area contributed by atoms with Crippen LogP contribution < -0.4 is 10.2 Å². The molecule has 0 radical (unpaired) electrons. The highest BCUT2D eigenvalue weighted by atomic mass is 16.7. The molecule has 36 heavy (non-hydrogen) atoms. The second-order valence-corrected chi connectivity index (χ2v) is 8.27. The predicted molar refractivity (Wildman–Crippen MR) is 120 cm³/mol. The van der Waals surface area contributed by atoms with E-state index in [1.807, 2.05) is 0 Å². The molecule has 12 nitrogen and oxygen atoms in total. The lowest BCUT2D eigenvalue weighted by molar-refractivity contribution is -0.277.